The maximum Gasteiger partial charge on any atom is 0.108 e. The van der Waals surface area contributed by atoms with Crippen molar-refractivity contribution < 1.29 is 0 Å². The van der Waals surface area contributed by atoms with E-state index in [1.165, 1.54) is 0 Å². The predicted molar refractivity (Wildman–Crippen MR) is 40.0 cm³/mol. The third kappa shape index (κ3) is 6.94. The third-order valence-electron chi connectivity index (χ3n) is 0.677. The normalized spacial score (nSPS) is 10.9. The molecule has 9 heavy (non-hydrogen) atoms. The van der Waals surface area contributed by atoms with Crippen LogP contribution in [0.15, 0.2) is 10.1 Å². The largest absolute Gasteiger partial charge is 0.370 e. The number of hydrogen-bond donors (Lipinski definition) is 2. The Morgan fingerprint density at radius 1 is 1.56 bits per heavy atom. The third-order valence-corrected chi connectivity index (χ3v) is 0.677. The van der Waals surface area contributed by atoms with Gasteiger partial charge in [-0.05, 0) is 0 Å². The number of hydrogen-bond acceptors (Lipinski definition) is 3. The smallest absolute Gasteiger partial charge is 0.108 e. The molecule has 0 amide bonds. The van der Waals surface area contributed by atoms with Crippen LogP contribution in [0.3, 0.4) is 0 Å². The van der Waals surface area contributed by atoms with Gasteiger partial charge in [0, 0.05) is 20.3 Å². The van der Waals surface area contributed by atoms with E-state index in [4.69, 9.17) is 0 Å². The van der Waals surface area contributed by atoms with Gasteiger partial charge in [-0.1, -0.05) is 0 Å². The molecule has 0 rings (SSSR count). The van der Waals surface area contributed by atoms with E-state index in [2.05, 4.69) is 20.8 Å². The highest BCUT2D eigenvalue weighted by atomic mass is 15.3. The van der Waals surface area contributed by atoms with E-state index in [9.17, 15) is 0 Å². The van der Waals surface area contributed by atoms with Crippen LogP contribution in [0, 0.1) is 0 Å². The number of rotatable bonds is 4. The highest BCUT2D eigenvalue weighted by molar-refractivity contribution is 5.65. The Labute approximate surface area is 55.1 Å². The van der Waals surface area contributed by atoms with Gasteiger partial charge in [-0.15, -0.1) is 0 Å². The second-order valence-electron chi connectivity index (χ2n) is 1.33. The predicted octanol–water partition coefficient (Wildman–Crippen LogP) is -0.561. The minimum Gasteiger partial charge on any atom is -0.370 e. The molecule has 0 unspecified atom stereocenters. The molecular weight excluding hydrogens is 116 g/mol. The van der Waals surface area contributed by atoms with Gasteiger partial charge in [-0.3, -0.25) is 4.99 Å². The van der Waals surface area contributed by atoms with Gasteiger partial charge in [0.1, 0.15) is 6.34 Å². The molecule has 0 radical (unpaired) electrons. The molecular formula is C5H12N4. The zero-order valence-electron chi connectivity index (χ0n) is 5.76. The lowest BCUT2D eigenvalue weighted by Crippen LogP contribution is -2.15. The molecule has 0 aliphatic rings. The molecule has 0 saturated carbocycles. The lowest BCUT2D eigenvalue weighted by molar-refractivity contribution is 0.892. The molecule has 2 N–H and O–H groups in total. The first-order valence-corrected chi connectivity index (χ1v) is 2.74. The van der Waals surface area contributed by atoms with E-state index in [0.29, 0.717) is 0 Å². The molecule has 0 atom stereocenters. The molecule has 4 heteroatoms. The van der Waals surface area contributed by atoms with Crippen molar-refractivity contribution in [3.8, 4) is 0 Å². The van der Waals surface area contributed by atoms with Gasteiger partial charge in [0.2, 0.25) is 0 Å². The van der Waals surface area contributed by atoms with Crippen molar-refractivity contribution in [2.75, 3.05) is 20.6 Å². The number of nitrogens with zero attached hydrogens (tertiary/aromatic N) is 2. The van der Waals surface area contributed by atoms with E-state index in [0.717, 1.165) is 6.54 Å². The molecule has 52 valence electrons. The Bertz CT molecular complexity index is 97.1. The average Bonchev–Trinajstić information content (AvgIpc) is 1.89. The van der Waals surface area contributed by atoms with Crippen molar-refractivity contribution in [1.82, 2.24) is 10.7 Å². The highest BCUT2D eigenvalue weighted by Crippen LogP contribution is 1.51. The van der Waals surface area contributed by atoms with E-state index in [1.54, 1.807) is 26.6 Å². The van der Waals surface area contributed by atoms with Crippen LogP contribution in [0.4, 0.5) is 0 Å². The fraction of sp³-hybridized carbons (Fsp3) is 0.600. The Kier molecular flexibility index (Phi) is 6.12. The van der Waals surface area contributed by atoms with Crippen molar-refractivity contribution in [3.05, 3.63) is 0 Å². The highest BCUT2D eigenvalue weighted by Gasteiger charge is 1.68. The minimum atomic E-state index is 0.724. The maximum absolute atomic E-state index is 3.76. The molecule has 0 aromatic heterocycles. The molecule has 0 aliphatic carbocycles. The topological polar surface area (TPSA) is 48.8 Å². The summed E-state index contributed by atoms with van der Waals surface area (Å²) in [7, 11) is 3.48. The van der Waals surface area contributed by atoms with Crippen LogP contribution in [0.5, 0.6) is 0 Å². The maximum atomic E-state index is 3.76. The first-order valence-electron chi connectivity index (χ1n) is 2.74. The summed E-state index contributed by atoms with van der Waals surface area (Å²) in [5.74, 6) is 0. The van der Waals surface area contributed by atoms with Crippen LogP contribution in [0.2, 0.25) is 0 Å². The van der Waals surface area contributed by atoms with Gasteiger partial charge in [0.25, 0.3) is 0 Å². The minimum absolute atomic E-state index is 0.724. The van der Waals surface area contributed by atoms with Gasteiger partial charge in [-0.25, -0.2) is 0 Å². The molecule has 0 bridgehead atoms. The number of aliphatic imine (C=N–C) groups is 1. The Balaban J connectivity index is 2.99. The fourth-order valence-electron chi connectivity index (χ4n) is 0.307. The van der Waals surface area contributed by atoms with Crippen molar-refractivity contribution >= 4 is 12.6 Å². The van der Waals surface area contributed by atoms with Gasteiger partial charge < -0.3 is 10.7 Å². The number of hydrazone groups is 1. The van der Waals surface area contributed by atoms with Crippen molar-refractivity contribution in [1.29, 1.82) is 0 Å². The lowest BCUT2D eigenvalue weighted by atomic mass is 10.7. The average molecular weight is 128 g/mol. The summed E-state index contributed by atoms with van der Waals surface area (Å²) in [5, 5.41) is 6.58. The van der Waals surface area contributed by atoms with Gasteiger partial charge >= 0.3 is 0 Å². The van der Waals surface area contributed by atoms with Crippen molar-refractivity contribution in [3.63, 3.8) is 0 Å². The van der Waals surface area contributed by atoms with Crippen molar-refractivity contribution in [2.45, 2.75) is 0 Å². The fourth-order valence-corrected chi connectivity index (χ4v) is 0.307. The summed E-state index contributed by atoms with van der Waals surface area (Å²) in [4.78, 5) is 3.76. The quantitative estimate of drug-likeness (QED) is 0.231. The van der Waals surface area contributed by atoms with Crippen LogP contribution >= 0.6 is 0 Å². The molecule has 0 aromatic carbocycles. The van der Waals surface area contributed by atoms with Crippen LogP contribution in [0.25, 0.3) is 0 Å². The molecule has 0 spiro atoms. The standard InChI is InChI=1S/C5H12N4/c1-6-3-4-8-5-9-7-2/h3,5,7H,4H2,1-2H3,(H,8,9). The second kappa shape index (κ2) is 6.94. The molecule has 0 aliphatic heterocycles. The van der Waals surface area contributed by atoms with Crippen molar-refractivity contribution in [2.24, 2.45) is 10.1 Å². The molecule has 0 saturated heterocycles. The molecule has 0 heterocycles. The summed E-state index contributed by atoms with van der Waals surface area (Å²) < 4.78 is 0. The van der Waals surface area contributed by atoms with Crippen LogP contribution in [-0.4, -0.2) is 33.2 Å². The Morgan fingerprint density at radius 2 is 2.33 bits per heavy atom. The van der Waals surface area contributed by atoms with E-state index in [1.807, 2.05) is 0 Å². The lowest BCUT2D eigenvalue weighted by Gasteiger charge is -1.90. The summed E-state index contributed by atoms with van der Waals surface area (Å²) in [6.45, 7) is 0.724. The van der Waals surface area contributed by atoms with E-state index >= 15 is 0 Å². The second-order valence-corrected chi connectivity index (χ2v) is 1.33. The van der Waals surface area contributed by atoms with Gasteiger partial charge in [-0.2, -0.15) is 5.10 Å². The summed E-state index contributed by atoms with van der Waals surface area (Å²) in [6, 6.07) is 0. The first kappa shape index (κ1) is 7.94. The van der Waals surface area contributed by atoms with E-state index < -0.39 is 0 Å². The summed E-state index contributed by atoms with van der Waals surface area (Å²) >= 11 is 0. The van der Waals surface area contributed by atoms with Gasteiger partial charge in [0.15, 0.2) is 0 Å². The molecule has 0 aromatic rings. The molecule has 4 nitrogen and oxygen atoms in total. The van der Waals surface area contributed by atoms with Crippen LogP contribution in [-0.2, 0) is 0 Å². The summed E-state index contributed by atoms with van der Waals surface area (Å²) in [5.41, 5.74) is 2.61. The monoisotopic (exact) mass is 128 g/mol. The first-order chi connectivity index (χ1) is 4.41. The SMILES string of the molecule is CN=CCN/C=N/NC. The number of nitrogens with one attached hydrogen (secondary N) is 2. The van der Waals surface area contributed by atoms with Crippen LogP contribution < -0.4 is 10.7 Å². The summed E-state index contributed by atoms with van der Waals surface area (Å²) in [6.07, 6.45) is 3.35. The zero-order chi connectivity index (χ0) is 6.95. The van der Waals surface area contributed by atoms with Gasteiger partial charge in [0.05, 0.1) is 6.54 Å². The van der Waals surface area contributed by atoms with Crippen LogP contribution in [0.1, 0.15) is 0 Å². The van der Waals surface area contributed by atoms with E-state index in [-0.39, 0.29) is 0 Å². The Morgan fingerprint density at radius 3 is 2.89 bits per heavy atom. The molecule has 0 fully saturated rings. The zero-order valence-corrected chi connectivity index (χ0v) is 5.76. The Hall–Kier alpha value is -1.06.